The summed E-state index contributed by atoms with van der Waals surface area (Å²) in [4.78, 5) is 25.4. The van der Waals surface area contributed by atoms with Crippen molar-refractivity contribution < 1.29 is 23.8 Å². The zero-order chi connectivity index (χ0) is 46.3. The first-order valence-electron chi connectivity index (χ1n) is 27.8. The maximum atomic E-state index is 12.8. The van der Waals surface area contributed by atoms with E-state index >= 15 is 0 Å². The molecule has 0 spiro atoms. The highest BCUT2D eigenvalue weighted by Gasteiger charge is 2.17. The van der Waals surface area contributed by atoms with Crippen LogP contribution in [0.2, 0.25) is 0 Å². The number of rotatable bonds is 51. The third kappa shape index (κ3) is 52.2. The number of allylic oxidation sites excluding steroid dienone is 10. The molecule has 1 unspecified atom stereocenters. The van der Waals surface area contributed by atoms with Gasteiger partial charge in [0.2, 0.25) is 0 Å². The van der Waals surface area contributed by atoms with Crippen molar-refractivity contribution in [3.8, 4) is 0 Å². The second kappa shape index (κ2) is 54.9. The first-order chi connectivity index (χ1) is 31.6. The fraction of sp³-hybridized carbons (Fsp3) is 0.797. The number of carbonyl (C=O) groups is 2. The Kier molecular flexibility index (Phi) is 52.9. The van der Waals surface area contributed by atoms with E-state index < -0.39 is 6.10 Å². The average Bonchev–Trinajstić information content (AvgIpc) is 3.30. The van der Waals surface area contributed by atoms with Crippen molar-refractivity contribution in [3.05, 3.63) is 60.8 Å². The van der Waals surface area contributed by atoms with Crippen molar-refractivity contribution in [2.24, 2.45) is 0 Å². The Labute approximate surface area is 398 Å². The molecule has 0 aliphatic rings. The predicted molar refractivity (Wildman–Crippen MR) is 279 cm³/mol. The van der Waals surface area contributed by atoms with Crippen LogP contribution in [0.25, 0.3) is 0 Å². The fourth-order valence-electron chi connectivity index (χ4n) is 7.85. The maximum absolute atomic E-state index is 12.8. The molecule has 64 heavy (non-hydrogen) atoms. The molecule has 0 saturated heterocycles. The Hall–Kier alpha value is -2.40. The second-order valence-corrected chi connectivity index (χ2v) is 18.4. The van der Waals surface area contributed by atoms with Crippen LogP contribution in [0.15, 0.2) is 60.8 Å². The van der Waals surface area contributed by atoms with E-state index in [9.17, 15) is 9.59 Å². The topological polar surface area (TPSA) is 61.8 Å². The van der Waals surface area contributed by atoms with Gasteiger partial charge < -0.3 is 14.2 Å². The Morgan fingerprint density at radius 2 is 0.719 bits per heavy atom. The molecule has 1 atom stereocenters. The van der Waals surface area contributed by atoms with Crippen LogP contribution in [0.1, 0.15) is 278 Å². The van der Waals surface area contributed by atoms with Crippen LogP contribution in [-0.4, -0.2) is 37.9 Å². The SMILES string of the molecule is CC/C=C\C/C=C\C/C=C\CCCCCCCCCCOCC(COC(=O)CCCCCCCCCCC/C=C\CCCCCCCC)OC(=O)CCCCCCC/C=C\CCCC. The van der Waals surface area contributed by atoms with Crippen LogP contribution in [0.5, 0.6) is 0 Å². The van der Waals surface area contributed by atoms with Crippen molar-refractivity contribution in [1.82, 2.24) is 0 Å². The molecule has 0 fully saturated rings. The van der Waals surface area contributed by atoms with Crippen LogP contribution >= 0.6 is 0 Å². The molecule has 0 heterocycles. The Morgan fingerprint density at radius 1 is 0.359 bits per heavy atom. The zero-order valence-corrected chi connectivity index (χ0v) is 42.8. The highest BCUT2D eigenvalue weighted by atomic mass is 16.6. The second-order valence-electron chi connectivity index (χ2n) is 18.4. The molecular formula is C59H106O5. The molecule has 0 amide bonds. The van der Waals surface area contributed by atoms with E-state index in [0.717, 1.165) is 70.6 Å². The average molecular weight is 895 g/mol. The van der Waals surface area contributed by atoms with Gasteiger partial charge in [0.25, 0.3) is 0 Å². The number of unbranched alkanes of at least 4 members (excludes halogenated alkanes) is 30. The van der Waals surface area contributed by atoms with E-state index in [1.54, 1.807) is 0 Å². The number of hydrogen-bond donors (Lipinski definition) is 0. The molecule has 0 aliphatic carbocycles. The lowest BCUT2D eigenvalue weighted by Crippen LogP contribution is -2.30. The van der Waals surface area contributed by atoms with E-state index in [2.05, 4.69) is 81.5 Å². The first kappa shape index (κ1) is 61.6. The molecule has 0 N–H and O–H groups in total. The van der Waals surface area contributed by atoms with Gasteiger partial charge in [-0.2, -0.15) is 0 Å². The van der Waals surface area contributed by atoms with E-state index in [0.29, 0.717) is 19.4 Å². The van der Waals surface area contributed by atoms with Gasteiger partial charge in [0.15, 0.2) is 6.10 Å². The van der Waals surface area contributed by atoms with Gasteiger partial charge in [0, 0.05) is 19.4 Å². The lowest BCUT2D eigenvalue weighted by atomic mass is 10.1. The van der Waals surface area contributed by atoms with Gasteiger partial charge in [0.1, 0.15) is 6.61 Å². The van der Waals surface area contributed by atoms with Crippen molar-refractivity contribution in [3.63, 3.8) is 0 Å². The van der Waals surface area contributed by atoms with Gasteiger partial charge in [-0.25, -0.2) is 0 Å². The molecule has 0 rings (SSSR count). The highest BCUT2D eigenvalue weighted by Crippen LogP contribution is 2.15. The quantitative estimate of drug-likeness (QED) is 0.0346. The normalized spacial score (nSPS) is 12.6. The summed E-state index contributed by atoms with van der Waals surface area (Å²) in [7, 11) is 0. The molecular weight excluding hydrogens is 789 g/mol. The zero-order valence-electron chi connectivity index (χ0n) is 42.8. The molecule has 0 aromatic heterocycles. The lowest BCUT2D eigenvalue weighted by Gasteiger charge is -2.18. The van der Waals surface area contributed by atoms with Crippen molar-refractivity contribution in [2.45, 2.75) is 284 Å². The molecule has 0 saturated carbocycles. The highest BCUT2D eigenvalue weighted by molar-refractivity contribution is 5.70. The van der Waals surface area contributed by atoms with Crippen molar-refractivity contribution in [2.75, 3.05) is 19.8 Å². The van der Waals surface area contributed by atoms with Gasteiger partial charge in [-0.15, -0.1) is 0 Å². The summed E-state index contributed by atoms with van der Waals surface area (Å²) in [5.41, 5.74) is 0. The third-order valence-corrected chi connectivity index (χ3v) is 12.0. The van der Waals surface area contributed by atoms with Crippen molar-refractivity contribution in [1.29, 1.82) is 0 Å². The molecule has 5 heteroatoms. The van der Waals surface area contributed by atoms with Gasteiger partial charge in [0.05, 0.1) is 6.61 Å². The van der Waals surface area contributed by atoms with Crippen LogP contribution in [-0.2, 0) is 23.8 Å². The molecule has 0 aromatic rings. The Morgan fingerprint density at radius 3 is 1.19 bits per heavy atom. The summed E-state index contributed by atoms with van der Waals surface area (Å²) >= 11 is 0. The fourth-order valence-corrected chi connectivity index (χ4v) is 7.85. The molecule has 0 bridgehead atoms. The van der Waals surface area contributed by atoms with Gasteiger partial charge >= 0.3 is 11.9 Å². The molecule has 372 valence electrons. The van der Waals surface area contributed by atoms with Gasteiger partial charge in [-0.3, -0.25) is 9.59 Å². The summed E-state index contributed by atoms with van der Waals surface area (Å²) < 4.78 is 17.4. The summed E-state index contributed by atoms with van der Waals surface area (Å²) in [6.07, 6.45) is 69.5. The van der Waals surface area contributed by atoms with Gasteiger partial charge in [-0.1, -0.05) is 229 Å². The minimum absolute atomic E-state index is 0.0784. The number of hydrogen-bond acceptors (Lipinski definition) is 5. The van der Waals surface area contributed by atoms with E-state index in [1.165, 1.54) is 173 Å². The first-order valence-corrected chi connectivity index (χ1v) is 27.8. The summed E-state index contributed by atoms with van der Waals surface area (Å²) in [6.45, 7) is 7.68. The summed E-state index contributed by atoms with van der Waals surface area (Å²) in [6, 6.07) is 0. The Bertz CT molecular complexity index is 1100. The van der Waals surface area contributed by atoms with Crippen molar-refractivity contribution >= 4 is 11.9 Å². The lowest BCUT2D eigenvalue weighted by molar-refractivity contribution is -0.163. The minimum atomic E-state index is -0.545. The smallest absolute Gasteiger partial charge is 0.306 e. The summed E-state index contributed by atoms with van der Waals surface area (Å²) in [5.74, 6) is -0.406. The predicted octanol–water partition coefficient (Wildman–Crippen LogP) is 18.9. The number of carbonyl (C=O) groups excluding carboxylic acids is 2. The van der Waals surface area contributed by atoms with Crippen LogP contribution in [0, 0.1) is 0 Å². The molecule has 0 aromatic carbocycles. The van der Waals surface area contributed by atoms with Gasteiger partial charge in [-0.05, 0) is 96.3 Å². The van der Waals surface area contributed by atoms with Crippen LogP contribution in [0.4, 0.5) is 0 Å². The number of ether oxygens (including phenoxy) is 3. The largest absolute Gasteiger partial charge is 0.462 e. The molecule has 0 radical (unpaired) electrons. The molecule has 0 aliphatic heterocycles. The standard InChI is InChI=1S/C59H106O5/c1-4-7-10-13-16-19-22-24-26-28-30-31-33-35-38-40-43-46-49-52-58(60)63-56-57(64-59(61)53-50-47-44-41-37-21-18-15-12-9-6-3)55-62-54-51-48-45-42-39-36-34-32-29-27-25-23-20-17-14-11-8-5-2/h8,11,15,17-18,20,24-27,57H,4-7,9-10,12-14,16,19,21-23,28-56H2,1-3H3/b11-8-,18-15-,20-17-,26-24-,27-25-. The minimum Gasteiger partial charge on any atom is -0.462 e. The maximum Gasteiger partial charge on any atom is 0.306 e. The van der Waals surface area contributed by atoms with E-state index in [1.807, 2.05) is 0 Å². The molecule has 5 nitrogen and oxygen atoms in total. The van der Waals surface area contributed by atoms with Crippen LogP contribution in [0.3, 0.4) is 0 Å². The number of esters is 2. The third-order valence-electron chi connectivity index (χ3n) is 12.0. The van der Waals surface area contributed by atoms with E-state index in [4.69, 9.17) is 14.2 Å². The van der Waals surface area contributed by atoms with E-state index in [-0.39, 0.29) is 25.2 Å². The monoisotopic (exact) mass is 895 g/mol. The van der Waals surface area contributed by atoms with Crippen LogP contribution < -0.4 is 0 Å². The summed E-state index contributed by atoms with van der Waals surface area (Å²) in [5, 5.41) is 0. The Balaban J connectivity index is 4.21.